The number of carbonyl (C=O) groups is 1. The predicted molar refractivity (Wildman–Crippen MR) is 116 cm³/mol. The van der Waals surface area contributed by atoms with Crippen molar-refractivity contribution < 1.29 is 14.3 Å². The second-order valence-electron chi connectivity index (χ2n) is 5.82. The van der Waals surface area contributed by atoms with Crippen molar-refractivity contribution >= 4 is 69.0 Å². The quantitative estimate of drug-likeness (QED) is 0.428. The molecule has 1 heterocycles. The Morgan fingerprint density at radius 2 is 2.15 bits per heavy atom. The van der Waals surface area contributed by atoms with E-state index < -0.39 is 13.9 Å². The molecule has 8 heteroatoms. The molecule has 0 aliphatic carbocycles. The summed E-state index contributed by atoms with van der Waals surface area (Å²) < 4.78 is 13.4. The van der Waals surface area contributed by atoms with Gasteiger partial charge in [-0.1, -0.05) is 39.7 Å². The van der Waals surface area contributed by atoms with E-state index >= 15 is 0 Å². The molecule has 0 radical (unpaired) electrons. The first-order valence-electron chi connectivity index (χ1n) is 7.97. The summed E-state index contributed by atoms with van der Waals surface area (Å²) in [7, 11) is -2.47. The van der Waals surface area contributed by atoms with E-state index in [2.05, 4.69) is 21.2 Å². The molecule has 0 spiro atoms. The highest BCUT2D eigenvalue weighted by Crippen LogP contribution is 2.36. The zero-order chi connectivity index (χ0) is 19.4. The molecule has 0 saturated heterocycles. The van der Waals surface area contributed by atoms with Crippen molar-refractivity contribution in [3.63, 3.8) is 0 Å². The Morgan fingerprint density at radius 3 is 2.89 bits per heavy atom. The molecule has 27 heavy (non-hydrogen) atoms. The number of fused-ring (bicyclic) bond motifs is 1. The minimum absolute atomic E-state index is 0.149. The van der Waals surface area contributed by atoms with Crippen molar-refractivity contribution in [3.8, 4) is 0 Å². The second-order valence-corrected chi connectivity index (χ2v) is 9.15. The van der Waals surface area contributed by atoms with Crippen LogP contribution in [0.5, 0.6) is 0 Å². The van der Waals surface area contributed by atoms with Gasteiger partial charge in [-0.15, -0.1) is 11.3 Å². The summed E-state index contributed by atoms with van der Waals surface area (Å²) in [6.45, 7) is 0. The van der Waals surface area contributed by atoms with Crippen molar-refractivity contribution in [3.05, 3.63) is 74.7 Å². The van der Waals surface area contributed by atoms with Crippen LogP contribution in [-0.4, -0.2) is 17.0 Å². The van der Waals surface area contributed by atoms with Gasteiger partial charge in [-0.2, -0.15) is 4.89 Å². The van der Waals surface area contributed by atoms with Crippen LogP contribution in [0.1, 0.15) is 17.0 Å². The van der Waals surface area contributed by atoms with Crippen LogP contribution in [0.25, 0.3) is 16.2 Å². The topological polar surface area (TPSA) is 66.4 Å². The maximum absolute atomic E-state index is 12.7. The molecule has 0 bridgehead atoms. The molecule has 2 unspecified atom stereocenters. The van der Waals surface area contributed by atoms with Gasteiger partial charge in [0.2, 0.25) is 5.91 Å². The van der Waals surface area contributed by atoms with Crippen LogP contribution in [0.2, 0.25) is 5.02 Å². The smallest absolute Gasteiger partial charge is 0.332 e. The summed E-state index contributed by atoms with van der Waals surface area (Å²) in [5.74, 6) is -1.07. The van der Waals surface area contributed by atoms with Crippen molar-refractivity contribution in [1.82, 2.24) is 5.32 Å². The number of halogens is 2. The van der Waals surface area contributed by atoms with Crippen LogP contribution in [0.15, 0.2) is 58.5 Å². The fraction of sp³-hybridized carbons (Fsp3) is 0.105. The summed E-state index contributed by atoms with van der Waals surface area (Å²) in [6.07, 6.45) is 3.16. The number of amides is 1. The maximum atomic E-state index is 12.7. The Hall–Kier alpha value is -1.56. The first-order chi connectivity index (χ1) is 12.9. The normalized spacial score (nSPS) is 13.1. The number of nitrogens with one attached hydrogen (secondary N) is 1. The molecule has 3 aromatic rings. The van der Waals surface area contributed by atoms with E-state index in [0.717, 1.165) is 20.1 Å². The third-order valence-electron chi connectivity index (χ3n) is 3.95. The van der Waals surface area contributed by atoms with Gasteiger partial charge in [0, 0.05) is 20.4 Å². The zero-order valence-electron chi connectivity index (χ0n) is 13.9. The van der Waals surface area contributed by atoms with Crippen LogP contribution in [0, 0.1) is 0 Å². The van der Waals surface area contributed by atoms with E-state index in [1.54, 1.807) is 24.4 Å². The first kappa shape index (κ1) is 20.2. The Labute approximate surface area is 174 Å². The van der Waals surface area contributed by atoms with Crippen molar-refractivity contribution in [1.29, 1.82) is 0 Å². The van der Waals surface area contributed by atoms with E-state index in [4.69, 9.17) is 11.6 Å². The van der Waals surface area contributed by atoms with Gasteiger partial charge >= 0.3 is 8.03 Å². The number of rotatable bonds is 6. The molecule has 0 fully saturated rings. The maximum Gasteiger partial charge on any atom is 0.506 e. The highest BCUT2D eigenvalue weighted by molar-refractivity contribution is 9.10. The van der Waals surface area contributed by atoms with Crippen LogP contribution in [-0.2, 0) is 9.36 Å². The predicted octanol–water partition coefficient (Wildman–Crippen LogP) is 5.92. The molecular weight excluding hydrogens is 469 g/mol. The number of thiophene rings is 1. The van der Waals surface area contributed by atoms with Gasteiger partial charge in [0.1, 0.15) is 5.92 Å². The number of benzene rings is 2. The van der Waals surface area contributed by atoms with Gasteiger partial charge in [-0.05, 0) is 62.9 Å². The fourth-order valence-corrected chi connectivity index (χ4v) is 4.96. The summed E-state index contributed by atoms with van der Waals surface area (Å²) >= 11 is 11.0. The average molecular weight is 484 g/mol. The largest absolute Gasteiger partial charge is 0.506 e. The Balaban J connectivity index is 1.84. The highest BCUT2D eigenvalue weighted by atomic mass is 79.9. The molecule has 0 aliphatic rings. The molecule has 1 amide bonds. The third kappa shape index (κ3) is 5.24. The standard InChI is InChI=1S/C19H14BrClNO3PS/c20-13-3-1-2-12(8-13)6-7-22-19(23)16(10-26(24)25)17-11-27-18-5-4-14(21)9-15(17)18/h1-9,11,16H,10H2,(H-,22,23,24,25)/p+1/b7-6+. The number of carbonyl (C=O) groups excluding carboxylic acids is 1. The van der Waals surface area contributed by atoms with Gasteiger partial charge in [0.15, 0.2) is 6.16 Å². The lowest BCUT2D eigenvalue weighted by molar-refractivity contribution is -0.121. The van der Waals surface area contributed by atoms with E-state index in [-0.39, 0.29) is 12.1 Å². The van der Waals surface area contributed by atoms with Gasteiger partial charge in [-0.25, -0.2) is 0 Å². The van der Waals surface area contributed by atoms with Gasteiger partial charge < -0.3 is 5.32 Å². The molecule has 138 valence electrons. The van der Waals surface area contributed by atoms with Gasteiger partial charge in [-0.3, -0.25) is 4.79 Å². The molecule has 3 rings (SSSR count). The van der Waals surface area contributed by atoms with Crippen LogP contribution >= 0.6 is 46.9 Å². The summed E-state index contributed by atoms with van der Waals surface area (Å²) in [4.78, 5) is 22.1. The second kappa shape index (κ2) is 9.09. The minimum Gasteiger partial charge on any atom is -0.332 e. The molecule has 2 N–H and O–H groups in total. The zero-order valence-corrected chi connectivity index (χ0v) is 18.0. The van der Waals surface area contributed by atoms with Crippen molar-refractivity contribution in [2.75, 3.05) is 6.16 Å². The first-order valence-corrected chi connectivity index (χ1v) is 11.4. The number of hydrogen-bond donors (Lipinski definition) is 2. The molecule has 0 saturated carbocycles. The summed E-state index contributed by atoms with van der Waals surface area (Å²) in [6, 6.07) is 13.1. The lowest BCUT2D eigenvalue weighted by atomic mass is 9.99. The highest BCUT2D eigenvalue weighted by Gasteiger charge is 2.31. The summed E-state index contributed by atoms with van der Waals surface area (Å²) in [5, 5.41) is 5.96. The molecule has 1 aromatic heterocycles. The Bertz CT molecular complexity index is 1040. The molecular formula is C19H15BrClNO3PS+. The summed E-state index contributed by atoms with van der Waals surface area (Å²) in [5.41, 5.74) is 1.63. The lowest BCUT2D eigenvalue weighted by Crippen LogP contribution is -2.26. The number of hydrogen-bond acceptors (Lipinski definition) is 3. The minimum atomic E-state index is -2.47. The third-order valence-corrected chi connectivity index (χ3v) is 6.33. The molecule has 2 aromatic carbocycles. The van der Waals surface area contributed by atoms with Crippen LogP contribution in [0.3, 0.4) is 0 Å². The monoisotopic (exact) mass is 482 g/mol. The van der Waals surface area contributed by atoms with Crippen molar-refractivity contribution in [2.24, 2.45) is 0 Å². The molecule has 2 atom stereocenters. The SMILES string of the molecule is O=C(N/C=C/c1cccc(Br)c1)C(C[P+](=O)O)c1csc2ccc(Cl)cc12. The fourth-order valence-electron chi connectivity index (χ4n) is 2.70. The van der Waals surface area contributed by atoms with E-state index in [0.29, 0.717) is 10.6 Å². The lowest BCUT2D eigenvalue weighted by Gasteiger charge is -2.10. The van der Waals surface area contributed by atoms with Crippen molar-refractivity contribution in [2.45, 2.75) is 5.92 Å². The average Bonchev–Trinajstić information content (AvgIpc) is 3.02. The van der Waals surface area contributed by atoms with Gasteiger partial charge in [0.05, 0.1) is 0 Å². The van der Waals surface area contributed by atoms with Crippen LogP contribution in [0.4, 0.5) is 0 Å². The van der Waals surface area contributed by atoms with E-state index in [1.165, 1.54) is 11.3 Å². The Morgan fingerprint density at radius 1 is 1.33 bits per heavy atom. The van der Waals surface area contributed by atoms with E-state index in [1.807, 2.05) is 35.7 Å². The van der Waals surface area contributed by atoms with E-state index in [9.17, 15) is 14.3 Å². The Kier molecular flexibility index (Phi) is 6.79. The van der Waals surface area contributed by atoms with Crippen LogP contribution < -0.4 is 5.32 Å². The van der Waals surface area contributed by atoms with Gasteiger partial charge in [0.25, 0.3) is 0 Å². The molecule has 4 nitrogen and oxygen atoms in total. The molecule has 0 aliphatic heterocycles.